The number of nitrogens with one attached hydrogen (secondary N) is 1. The summed E-state index contributed by atoms with van der Waals surface area (Å²) in [5, 5.41) is 3.04. The van der Waals surface area contributed by atoms with Gasteiger partial charge in [0.25, 0.3) is 0 Å². The minimum absolute atomic E-state index is 0.682. The van der Waals surface area contributed by atoms with Crippen LogP contribution in [0.1, 0.15) is 45.9 Å². The molecule has 0 fully saturated rings. The summed E-state index contributed by atoms with van der Waals surface area (Å²) in [4.78, 5) is 8.81. The predicted molar refractivity (Wildman–Crippen MR) is 75.1 cm³/mol. The molecule has 4 nitrogen and oxygen atoms in total. The summed E-state index contributed by atoms with van der Waals surface area (Å²) in [7, 11) is 1.86. The van der Waals surface area contributed by atoms with Crippen molar-refractivity contribution in [1.29, 1.82) is 0 Å². The van der Waals surface area contributed by atoms with Gasteiger partial charge in [-0.05, 0) is 25.2 Å². The van der Waals surface area contributed by atoms with Crippen molar-refractivity contribution in [3.8, 4) is 5.88 Å². The van der Waals surface area contributed by atoms with E-state index in [1.54, 1.807) is 0 Å². The molecule has 1 N–H and O–H groups in total. The van der Waals surface area contributed by atoms with Gasteiger partial charge in [-0.1, -0.05) is 20.8 Å². The molecular weight excluding hydrogens is 226 g/mol. The van der Waals surface area contributed by atoms with Gasteiger partial charge in [-0.15, -0.1) is 0 Å². The van der Waals surface area contributed by atoms with Crippen LogP contribution in [0.15, 0.2) is 6.07 Å². The molecule has 1 aromatic rings. The summed E-state index contributed by atoms with van der Waals surface area (Å²) in [5.41, 5.74) is 0. The number of aromatic nitrogens is 2. The second-order valence-corrected chi connectivity index (χ2v) is 4.89. The quantitative estimate of drug-likeness (QED) is 0.720. The first-order valence-electron chi connectivity index (χ1n) is 6.84. The summed E-state index contributed by atoms with van der Waals surface area (Å²) >= 11 is 0. The molecule has 0 atom stereocenters. The Bertz CT molecular complexity index is 353. The molecule has 0 saturated heterocycles. The molecule has 0 spiro atoms. The highest BCUT2D eigenvalue weighted by Gasteiger charge is 2.04. The first-order chi connectivity index (χ1) is 8.65. The monoisotopic (exact) mass is 251 g/mol. The van der Waals surface area contributed by atoms with Gasteiger partial charge in [0.1, 0.15) is 11.6 Å². The third-order valence-corrected chi connectivity index (χ3v) is 2.65. The van der Waals surface area contributed by atoms with Crippen LogP contribution in [0.3, 0.4) is 0 Å². The molecule has 0 aliphatic rings. The van der Waals surface area contributed by atoms with Crippen molar-refractivity contribution in [3.05, 3.63) is 11.9 Å². The largest absolute Gasteiger partial charge is 0.478 e. The van der Waals surface area contributed by atoms with Gasteiger partial charge < -0.3 is 10.1 Å². The molecule has 0 aliphatic heterocycles. The van der Waals surface area contributed by atoms with Crippen molar-refractivity contribution in [3.63, 3.8) is 0 Å². The maximum absolute atomic E-state index is 5.69. The number of hydrogen-bond acceptors (Lipinski definition) is 4. The summed E-state index contributed by atoms with van der Waals surface area (Å²) < 4.78 is 5.69. The van der Waals surface area contributed by atoms with E-state index in [0.717, 1.165) is 43.4 Å². The van der Waals surface area contributed by atoms with Crippen LogP contribution in [-0.4, -0.2) is 23.6 Å². The molecule has 0 amide bonds. The van der Waals surface area contributed by atoms with Crippen molar-refractivity contribution in [2.75, 3.05) is 19.0 Å². The lowest BCUT2D eigenvalue weighted by atomic mass is 10.1. The van der Waals surface area contributed by atoms with Crippen LogP contribution in [-0.2, 0) is 6.42 Å². The fraction of sp³-hybridized carbons (Fsp3) is 0.714. The molecule has 1 aromatic heterocycles. The molecule has 0 aromatic carbocycles. The standard InChI is InChI=1S/C14H25N3O/c1-5-7-12-16-13(15-4)10-14(17-12)18-9-6-8-11(2)3/h10-11H,5-9H2,1-4H3,(H,15,16,17). The number of anilines is 1. The van der Waals surface area contributed by atoms with Gasteiger partial charge >= 0.3 is 0 Å². The van der Waals surface area contributed by atoms with Crippen LogP contribution in [0, 0.1) is 5.92 Å². The van der Waals surface area contributed by atoms with Crippen LogP contribution in [0.2, 0.25) is 0 Å². The Morgan fingerprint density at radius 1 is 1.33 bits per heavy atom. The van der Waals surface area contributed by atoms with E-state index >= 15 is 0 Å². The zero-order chi connectivity index (χ0) is 13.4. The summed E-state index contributed by atoms with van der Waals surface area (Å²) in [6.45, 7) is 7.30. The number of aryl methyl sites for hydroxylation is 1. The van der Waals surface area contributed by atoms with Gasteiger partial charge in [0.15, 0.2) is 0 Å². The highest BCUT2D eigenvalue weighted by Crippen LogP contribution is 2.15. The first-order valence-corrected chi connectivity index (χ1v) is 6.84. The van der Waals surface area contributed by atoms with E-state index in [0.29, 0.717) is 5.88 Å². The molecule has 0 saturated carbocycles. The SMILES string of the molecule is CCCc1nc(NC)cc(OCCCC(C)C)n1. The minimum Gasteiger partial charge on any atom is -0.478 e. The van der Waals surface area contributed by atoms with Crippen LogP contribution in [0.5, 0.6) is 5.88 Å². The van der Waals surface area contributed by atoms with E-state index in [4.69, 9.17) is 4.74 Å². The number of rotatable bonds is 8. The first kappa shape index (κ1) is 14.7. The van der Waals surface area contributed by atoms with Gasteiger partial charge in [-0.25, -0.2) is 4.98 Å². The lowest BCUT2D eigenvalue weighted by molar-refractivity contribution is 0.286. The molecule has 102 valence electrons. The molecule has 18 heavy (non-hydrogen) atoms. The van der Waals surface area contributed by atoms with Gasteiger partial charge in [0.2, 0.25) is 5.88 Å². The smallest absolute Gasteiger partial charge is 0.218 e. The predicted octanol–water partition coefficient (Wildman–Crippen LogP) is 3.29. The maximum atomic E-state index is 5.69. The number of hydrogen-bond donors (Lipinski definition) is 1. The van der Waals surface area contributed by atoms with Crippen LogP contribution in [0.25, 0.3) is 0 Å². The minimum atomic E-state index is 0.682. The van der Waals surface area contributed by atoms with Crippen molar-refractivity contribution in [2.45, 2.75) is 46.5 Å². The Balaban J connectivity index is 2.55. The third-order valence-electron chi connectivity index (χ3n) is 2.65. The lowest BCUT2D eigenvalue weighted by Gasteiger charge is -2.09. The van der Waals surface area contributed by atoms with E-state index in [9.17, 15) is 0 Å². The fourth-order valence-electron chi connectivity index (χ4n) is 1.68. The average Bonchev–Trinajstić information content (AvgIpc) is 2.34. The van der Waals surface area contributed by atoms with E-state index in [1.807, 2.05) is 13.1 Å². The molecule has 4 heteroatoms. The second-order valence-electron chi connectivity index (χ2n) is 4.89. The average molecular weight is 251 g/mol. The van der Waals surface area contributed by atoms with Gasteiger partial charge in [0, 0.05) is 19.5 Å². The topological polar surface area (TPSA) is 47.0 Å². The van der Waals surface area contributed by atoms with Crippen LogP contribution >= 0.6 is 0 Å². The molecule has 0 aliphatic carbocycles. The summed E-state index contributed by atoms with van der Waals surface area (Å²) in [6.07, 6.45) is 4.18. The molecule has 0 unspecified atom stereocenters. The van der Waals surface area contributed by atoms with Gasteiger partial charge in [-0.2, -0.15) is 4.98 Å². The van der Waals surface area contributed by atoms with Crippen LogP contribution in [0.4, 0.5) is 5.82 Å². The molecule has 1 rings (SSSR count). The summed E-state index contributed by atoms with van der Waals surface area (Å²) in [6, 6.07) is 1.86. The molecule has 0 radical (unpaired) electrons. The Morgan fingerprint density at radius 2 is 2.11 bits per heavy atom. The Hall–Kier alpha value is -1.32. The zero-order valence-electron chi connectivity index (χ0n) is 12.0. The summed E-state index contributed by atoms with van der Waals surface area (Å²) in [5.74, 6) is 3.08. The molecule has 1 heterocycles. The zero-order valence-corrected chi connectivity index (χ0v) is 12.0. The molecule has 0 bridgehead atoms. The van der Waals surface area contributed by atoms with Crippen molar-refractivity contribution < 1.29 is 4.74 Å². The second kappa shape index (κ2) is 7.90. The Kier molecular flexibility index (Phi) is 6.47. The van der Waals surface area contributed by atoms with Crippen LogP contribution < -0.4 is 10.1 Å². The van der Waals surface area contributed by atoms with Crippen molar-refractivity contribution >= 4 is 5.82 Å². The third kappa shape index (κ3) is 5.34. The van der Waals surface area contributed by atoms with E-state index < -0.39 is 0 Å². The van der Waals surface area contributed by atoms with E-state index in [1.165, 1.54) is 6.42 Å². The van der Waals surface area contributed by atoms with Gasteiger partial charge in [0.05, 0.1) is 6.61 Å². The number of ether oxygens (including phenoxy) is 1. The van der Waals surface area contributed by atoms with E-state index in [2.05, 4.69) is 36.1 Å². The lowest BCUT2D eigenvalue weighted by Crippen LogP contribution is -2.05. The normalized spacial score (nSPS) is 10.7. The van der Waals surface area contributed by atoms with Crippen molar-refractivity contribution in [2.24, 2.45) is 5.92 Å². The Morgan fingerprint density at radius 3 is 2.72 bits per heavy atom. The number of nitrogens with zero attached hydrogens (tertiary/aromatic N) is 2. The Labute approximate surface area is 110 Å². The van der Waals surface area contributed by atoms with Gasteiger partial charge in [-0.3, -0.25) is 0 Å². The van der Waals surface area contributed by atoms with E-state index in [-0.39, 0.29) is 0 Å². The molecular formula is C14H25N3O. The van der Waals surface area contributed by atoms with Crippen molar-refractivity contribution in [1.82, 2.24) is 9.97 Å². The fourth-order valence-corrected chi connectivity index (χ4v) is 1.68. The maximum Gasteiger partial charge on any atom is 0.218 e. The highest BCUT2D eigenvalue weighted by molar-refractivity contribution is 5.37. The highest BCUT2D eigenvalue weighted by atomic mass is 16.5.